The van der Waals surface area contributed by atoms with Crippen LogP contribution >= 0.6 is 0 Å². The van der Waals surface area contributed by atoms with Crippen LogP contribution in [0.15, 0.2) is 133 Å². The summed E-state index contributed by atoms with van der Waals surface area (Å²) in [4.78, 5) is 0. The molecule has 5 aromatic rings. The molecule has 0 aromatic heterocycles. The first-order chi connectivity index (χ1) is 15.9. The average molecular weight is 561 g/mol. The van der Waals surface area contributed by atoms with Crippen LogP contribution in [-0.4, -0.2) is 4.21 Å². The fourth-order valence-electron chi connectivity index (χ4n) is 3.58. The predicted octanol–water partition coefficient (Wildman–Crippen LogP) is 1.79. The third kappa shape index (κ3) is 8.73. The van der Waals surface area contributed by atoms with Crippen LogP contribution in [0.25, 0.3) is 22.3 Å². The van der Waals surface area contributed by atoms with Crippen molar-refractivity contribution in [3.05, 3.63) is 151 Å². The zero-order valence-electron chi connectivity index (χ0n) is 18.9. The van der Waals surface area contributed by atoms with Crippen molar-refractivity contribution in [3.8, 4) is 22.3 Å². The van der Waals surface area contributed by atoms with Crippen LogP contribution in [-0.2, 0) is 30.7 Å². The molecule has 0 saturated carbocycles. The van der Waals surface area contributed by atoms with Crippen molar-refractivity contribution in [2.24, 2.45) is 0 Å². The molecule has 0 N–H and O–H groups in total. The van der Waals surface area contributed by atoms with E-state index in [1.807, 2.05) is 48.5 Å². The van der Waals surface area contributed by atoms with Gasteiger partial charge < -0.3 is 24.8 Å². The first-order valence-electron chi connectivity index (χ1n) is 10.6. The molecule has 1 aliphatic carbocycles. The summed E-state index contributed by atoms with van der Waals surface area (Å²) < 4.78 is 3.34. The molecule has 0 saturated heterocycles. The number of benzene rings is 4. The summed E-state index contributed by atoms with van der Waals surface area (Å²) >= 11 is 1.30. The molecule has 5 aromatic carbocycles. The van der Waals surface area contributed by atoms with E-state index in [0.29, 0.717) is 0 Å². The number of fused-ring (bicyclic) bond motifs is 3. The van der Waals surface area contributed by atoms with E-state index in [1.54, 1.807) is 0 Å². The summed E-state index contributed by atoms with van der Waals surface area (Å²) in [5.41, 5.74) is 8.06. The summed E-state index contributed by atoms with van der Waals surface area (Å²) in [6.45, 7) is 0. The van der Waals surface area contributed by atoms with Gasteiger partial charge in [-0.15, -0.1) is 5.56 Å². The Morgan fingerprint density at radius 1 is 0.588 bits per heavy atom. The van der Waals surface area contributed by atoms with E-state index in [4.69, 9.17) is 0 Å². The van der Waals surface area contributed by atoms with E-state index in [0.717, 1.165) is 6.42 Å². The topological polar surface area (TPSA) is 0 Å². The van der Waals surface area contributed by atoms with E-state index in [1.165, 1.54) is 57.6 Å². The van der Waals surface area contributed by atoms with E-state index in [-0.39, 0.29) is 24.8 Å². The Morgan fingerprint density at radius 2 is 1.09 bits per heavy atom. The smallest absolute Gasteiger partial charge is 0.0184 e. The number of rotatable bonds is 1. The first-order valence-corrected chi connectivity index (χ1v) is 12.4. The molecule has 3 heteroatoms. The Hall–Kier alpha value is -2.44. The van der Waals surface area contributed by atoms with E-state index in [9.17, 15) is 0 Å². The quantitative estimate of drug-likeness (QED) is 0.269. The van der Waals surface area contributed by atoms with Crippen molar-refractivity contribution in [1.29, 1.82) is 0 Å². The SMILES string of the molecule is [CH2]=[Zr+2].[Cl-].[Cl-].[c-]1cccc2c1Cc1ccccc1-2.c1cc[cH-]c1.c1ccc(-c2ccccc2)cc1. The molecule has 0 nitrogen and oxygen atoms in total. The van der Waals surface area contributed by atoms with E-state index in [2.05, 4.69) is 95.2 Å². The number of hydrogen-bond acceptors (Lipinski definition) is 0. The molecule has 0 amide bonds. The molecule has 0 heterocycles. The molecule has 0 fully saturated rings. The van der Waals surface area contributed by atoms with Crippen LogP contribution in [0.4, 0.5) is 0 Å². The maximum atomic E-state index is 3.34. The normalized spacial score (nSPS) is 9.47. The molecule has 1 aliphatic rings. The van der Waals surface area contributed by atoms with Crippen LogP contribution in [0, 0.1) is 6.07 Å². The van der Waals surface area contributed by atoms with Crippen LogP contribution in [0.3, 0.4) is 0 Å². The summed E-state index contributed by atoms with van der Waals surface area (Å²) in [6, 6.07) is 48.9. The van der Waals surface area contributed by atoms with Crippen molar-refractivity contribution in [2.75, 3.05) is 0 Å². The van der Waals surface area contributed by atoms with Crippen LogP contribution in [0.1, 0.15) is 11.1 Å². The van der Waals surface area contributed by atoms with Crippen molar-refractivity contribution < 1.29 is 49.0 Å². The molecule has 0 unspecified atom stereocenters. The molecule has 0 bridgehead atoms. The Morgan fingerprint density at radius 3 is 1.62 bits per heavy atom. The van der Waals surface area contributed by atoms with Crippen LogP contribution in [0.2, 0.25) is 0 Å². The molecular formula is C31H26Cl2Zr-2. The zero-order valence-corrected chi connectivity index (χ0v) is 22.8. The molecule has 0 spiro atoms. The van der Waals surface area contributed by atoms with Gasteiger partial charge in [0.15, 0.2) is 0 Å². The summed E-state index contributed by atoms with van der Waals surface area (Å²) in [5.74, 6) is 0. The summed E-state index contributed by atoms with van der Waals surface area (Å²) in [5, 5.41) is 0. The Labute approximate surface area is 231 Å². The van der Waals surface area contributed by atoms with Gasteiger partial charge in [0.05, 0.1) is 0 Å². The second-order valence-electron chi connectivity index (χ2n) is 7.09. The zero-order chi connectivity index (χ0) is 22.4. The minimum atomic E-state index is 0. The van der Waals surface area contributed by atoms with Gasteiger partial charge in [0.2, 0.25) is 0 Å². The third-order valence-electron chi connectivity index (χ3n) is 5.05. The van der Waals surface area contributed by atoms with Gasteiger partial charge in [-0.2, -0.15) is 48.0 Å². The maximum absolute atomic E-state index is 3.34. The average Bonchev–Trinajstić information content (AvgIpc) is 3.59. The Balaban J connectivity index is 0.000000257. The van der Waals surface area contributed by atoms with Gasteiger partial charge in [-0.05, 0) is 17.5 Å². The largest absolute Gasteiger partial charge is 1.00 e. The molecule has 0 aliphatic heterocycles. The standard InChI is InChI=1S/C13H9.C12H10.C5H5.CH2.2ClH.Zr/c1-3-7-12-10(5-1)9-11-6-2-4-8-13(11)12;1-3-7-11(8-4-1)12-9-5-2-6-10-12;1-2-4-5-3-1;;;;/h1-5,7-8H,9H2;1-10H;1-5H;1H2;2*1H;/q-1;;-1;;;;+2/p-2. The van der Waals surface area contributed by atoms with Crippen LogP contribution < -0.4 is 24.8 Å². The fourth-order valence-corrected chi connectivity index (χ4v) is 3.58. The fraction of sp³-hybridized carbons (Fsp3) is 0.0323. The van der Waals surface area contributed by atoms with E-state index < -0.39 is 0 Å². The first kappa shape index (κ1) is 29.6. The molecular weight excluding hydrogens is 534 g/mol. The van der Waals surface area contributed by atoms with Gasteiger partial charge in [0.25, 0.3) is 0 Å². The summed E-state index contributed by atoms with van der Waals surface area (Å²) in [6.07, 6.45) is 1.05. The molecule has 0 atom stereocenters. The van der Waals surface area contributed by atoms with Crippen molar-refractivity contribution in [1.82, 2.24) is 0 Å². The second kappa shape index (κ2) is 17.1. The monoisotopic (exact) mass is 558 g/mol. The van der Waals surface area contributed by atoms with Gasteiger partial charge in [0, 0.05) is 0 Å². The number of halogens is 2. The molecule has 6 rings (SSSR count). The van der Waals surface area contributed by atoms with Crippen molar-refractivity contribution in [2.45, 2.75) is 6.42 Å². The second-order valence-corrected chi connectivity index (χ2v) is 7.09. The van der Waals surface area contributed by atoms with Crippen molar-refractivity contribution in [3.63, 3.8) is 0 Å². The van der Waals surface area contributed by atoms with Gasteiger partial charge in [-0.3, -0.25) is 0 Å². The number of hydrogen-bond donors (Lipinski definition) is 0. The van der Waals surface area contributed by atoms with Crippen molar-refractivity contribution >= 4 is 4.21 Å². The molecule has 0 radical (unpaired) electrons. The molecule has 170 valence electrons. The predicted molar refractivity (Wildman–Crippen MR) is 135 cm³/mol. The summed E-state index contributed by atoms with van der Waals surface area (Å²) in [7, 11) is 0. The third-order valence-corrected chi connectivity index (χ3v) is 5.05. The Kier molecular flexibility index (Phi) is 14.9. The minimum absolute atomic E-state index is 0. The Bertz CT molecular complexity index is 1070. The van der Waals surface area contributed by atoms with Crippen LogP contribution in [0.5, 0.6) is 0 Å². The van der Waals surface area contributed by atoms with Gasteiger partial charge in [-0.25, -0.2) is 12.1 Å². The molecule has 34 heavy (non-hydrogen) atoms. The van der Waals surface area contributed by atoms with Gasteiger partial charge >= 0.3 is 28.4 Å². The van der Waals surface area contributed by atoms with Gasteiger partial charge in [0.1, 0.15) is 0 Å². The van der Waals surface area contributed by atoms with E-state index >= 15 is 0 Å². The maximum Gasteiger partial charge on any atom is -0.0184 e. The minimum Gasteiger partial charge on any atom is -1.00 e. The van der Waals surface area contributed by atoms with Gasteiger partial charge in [-0.1, -0.05) is 96.1 Å².